The number of nitrogens with zero attached hydrogens (tertiary/aromatic N) is 2. The normalized spacial score (nSPS) is 10.8. The monoisotopic (exact) mass is 291 g/mol. The smallest absolute Gasteiger partial charge is 0.232 e. The van der Waals surface area contributed by atoms with Crippen LogP contribution in [0.5, 0.6) is 0 Å². The van der Waals surface area contributed by atoms with Crippen LogP contribution >= 0.6 is 0 Å². The number of rotatable bonds is 2. The Kier molecular flexibility index (Phi) is 3.09. The molecule has 0 saturated heterocycles. The first kappa shape index (κ1) is 13.2. The first-order valence-electron chi connectivity index (χ1n) is 5.89. The summed E-state index contributed by atoms with van der Waals surface area (Å²) in [5.41, 5.74) is 6.50. The molecule has 2 N–H and O–H groups in total. The standard InChI is InChI=1S/C14H8F3N3O/c15-8-5-7(6-9(16)12(8)17)13-11(14(18)21-20-13)10-3-1-2-4-19-10/h1-6H,18H2. The Hall–Kier alpha value is -2.83. The number of aromatic nitrogens is 2. The van der Waals surface area contributed by atoms with Gasteiger partial charge in [-0.2, -0.15) is 0 Å². The van der Waals surface area contributed by atoms with Crippen molar-refractivity contribution in [3.05, 3.63) is 54.0 Å². The molecule has 1 aromatic carbocycles. The topological polar surface area (TPSA) is 64.9 Å². The fraction of sp³-hybridized carbons (Fsp3) is 0. The third-order valence-electron chi connectivity index (χ3n) is 2.90. The molecule has 106 valence electrons. The molecule has 0 bridgehead atoms. The fourth-order valence-corrected chi connectivity index (χ4v) is 1.95. The molecule has 3 rings (SSSR count). The van der Waals surface area contributed by atoms with Crippen LogP contribution in [-0.2, 0) is 0 Å². The van der Waals surface area contributed by atoms with Crippen LogP contribution in [0.3, 0.4) is 0 Å². The number of benzene rings is 1. The van der Waals surface area contributed by atoms with E-state index in [0.717, 1.165) is 12.1 Å². The molecule has 0 aliphatic carbocycles. The minimum absolute atomic E-state index is 0.00695. The van der Waals surface area contributed by atoms with Crippen LogP contribution in [0.15, 0.2) is 41.1 Å². The molecule has 0 saturated carbocycles. The Bertz CT molecular complexity index is 779. The lowest BCUT2D eigenvalue weighted by molar-refractivity contribution is 0.437. The summed E-state index contributed by atoms with van der Waals surface area (Å²) >= 11 is 0. The van der Waals surface area contributed by atoms with Gasteiger partial charge in [-0.1, -0.05) is 11.2 Å². The summed E-state index contributed by atoms with van der Waals surface area (Å²) in [6.07, 6.45) is 1.53. The van der Waals surface area contributed by atoms with Crippen LogP contribution in [0.2, 0.25) is 0 Å². The highest BCUT2D eigenvalue weighted by atomic mass is 19.2. The van der Waals surface area contributed by atoms with E-state index in [0.29, 0.717) is 11.3 Å². The molecule has 0 atom stereocenters. The molecule has 0 radical (unpaired) electrons. The van der Waals surface area contributed by atoms with E-state index in [2.05, 4.69) is 10.1 Å². The van der Waals surface area contributed by atoms with Gasteiger partial charge < -0.3 is 10.3 Å². The molecular weight excluding hydrogens is 283 g/mol. The fourth-order valence-electron chi connectivity index (χ4n) is 1.95. The molecule has 4 nitrogen and oxygen atoms in total. The highest BCUT2D eigenvalue weighted by Gasteiger charge is 2.21. The number of hydrogen-bond donors (Lipinski definition) is 1. The number of halogens is 3. The van der Waals surface area contributed by atoms with Gasteiger partial charge in [0.05, 0.1) is 11.3 Å². The number of nitrogen functional groups attached to an aromatic ring is 1. The van der Waals surface area contributed by atoms with E-state index < -0.39 is 17.5 Å². The molecule has 3 aromatic rings. The Morgan fingerprint density at radius 3 is 2.38 bits per heavy atom. The van der Waals surface area contributed by atoms with E-state index in [1.807, 2.05) is 0 Å². The third kappa shape index (κ3) is 2.22. The predicted molar refractivity (Wildman–Crippen MR) is 69.5 cm³/mol. The second-order valence-corrected chi connectivity index (χ2v) is 4.24. The van der Waals surface area contributed by atoms with Crippen LogP contribution in [0, 0.1) is 17.5 Å². The summed E-state index contributed by atoms with van der Waals surface area (Å²) in [6.45, 7) is 0. The van der Waals surface area contributed by atoms with E-state index in [1.165, 1.54) is 6.20 Å². The maximum Gasteiger partial charge on any atom is 0.232 e. The molecule has 0 aliphatic rings. The van der Waals surface area contributed by atoms with E-state index >= 15 is 0 Å². The Balaban J connectivity index is 2.21. The van der Waals surface area contributed by atoms with Crippen LogP contribution in [0.4, 0.5) is 19.1 Å². The summed E-state index contributed by atoms with van der Waals surface area (Å²) in [5.74, 6) is -4.24. The highest BCUT2D eigenvalue weighted by molar-refractivity contribution is 5.85. The number of nitrogens with two attached hydrogens (primary N) is 1. The van der Waals surface area contributed by atoms with Crippen molar-refractivity contribution in [3.8, 4) is 22.5 Å². The summed E-state index contributed by atoms with van der Waals surface area (Å²) in [6, 6.07) is 6.70. The van der Waals surface area contributed by atoms with Crippen molar-refractivity contribution in [2.24, 2.45) is 0 Å². The van der Waals surface area contributed by atoms with Gasteiger partial charge >= 0.3 is 0 Å². The van der Waals surface area contributed by atoms with Gasteiger partial charge in [0, 0.05) is 11.8 Å². The minimum atomic E-state index is -1.55. The van der Waals surface area contributed by atoms with Crippen molar-refractivity contribution in [3.63, 3.8) is 0 Å². The van der Waals surface area contributed by atoms with Gasteiger partial charge in [0.1, 0.15) is 5.69 Å². The van der Waals surface area contributed by atoms with E-state index in [4.69, 9.17) is 10.3 Å². The van der Waals surface area contributed by atoms with Gasteiger partial charge in [-0.3, -0.25) is 4.98 Å². The van der Waals surface area contributed by atoms with Crippen molar-refractivity contribution in [2.75, 3.05) is 5.73 Å². The molecule has 2 aromatic heterocycles. The molecule has 0 amide bonds. The van der Waals surface area contributed by atoms with Crippen molar-refractivity contribution in [1.82, 2.24) is 10.1 Å². The van der Waals surface area contributed by atoms with E-state index in [9.17, 15) is 13.2 Å². The molecular formula is C14H8F3N3O. The minimum Gasteiger partial charge on any atom is -0.367 e. The molecule has 0 unspecified atom stereocenters. The molecule has 7 heteroatoms. The van der Waals surface area contributed by atoms with Gasteiger partial charge in [-0.05, 0) is 24.3 Å². The average Bonchev–Trinajstić information content (AvgIpc) is 2.87. The Morgan fingerprint density at radius 1 is 1.05 bits per heavy atom. The maximum atomic E-state index is 13.3. The van der Waals surface area contributed by atoms with E-state index in [1.54, 1.807) is 18.2 Å². The van der Waals surface area contributed by atoms with Crippen LogP contribution in [0.1, 0.15) is 0 Å². The van der Waals surface area contributed by atoms with Gasteiger partial charge in [-0.25, -0.2) is 13.2 Å². The lowest BCUT2D eigenvalue weighted by atomic mass is 10.0. The van der Waals surface area contributed by atoms with Gasteiger partial charge in [0.2, 0.25) is 5.88 Å². The van der Waals surface area contributed by atoms with Crippen molar-refractivity contribution >= 4 is 5.88 Å². The zero-order valence-electron chi connectivity index (χ0n) is 10.5. The second-order valence-electron chi connectivity index (χ2n) is 4.24. The van der Waals surface area contributed by atoms with Crippen LogP contribution < -0.4 is 5.73 Å². The van der Waals surface area contributed by atoms with Gasteiger partial charge in [0.25, 0.3) is 0 Å². The molecule has 2 heterocycles. The quantitative estimate of drug-likeness (QED) is 0.735. The largest absolute Gasteiger partial charge is 0.367 e. The average molecular weight is 291 g/mol. The molecule has 0 spiro atoms. The van der Waals surface area contributed by atoms with Crippen molar-refractivity contribution in [2.45, 2.75) is 0 Å². The van der Waals surface area contributed by atoms with E-state index in [-0.39, 0.29) is 17.1 Å². The summed E-state index contributed by atoms with van der Waals surface area (Å²) in [7, 11) is 0. The summed E-state index contributed by atoms with van der Waals surface area (Å²) < 4.78 is 44.6. The number of pyridine rings is 1. The Morgan fingerprint density at radius 2 is 1.76 bits per heavy atom. The van der Waals surface area contributed by atoms with Gasteiger partial charge in [0.15, 0.2) is 17.5 Å². The molecule has 21 heavy (non-hydrogen) atoms. The molecule has 0 fully saturated rings. The maximum absolute atomic E-state index is 13.3. The number of hydrogen-bond acceptors (Lipinski definition) is 4. The van der Waals surface area contributed by atoms with Crippen molar-refractivity contribution in [1.29, 1.82) is 0 Å². The SMILES string of the molecule is Nc1onc(-c2cc(F)c(F)c(F)c2)c1-c1ccccn1. The number of anilines is 1. The third-order valence-corrected chi connectivity index (χ3v) is 2.90. The molecule has 0 aliphatic heterocycles. The van der Waals surface area contributed by atoms with Crippen molar-refractivity contribution < 1.29 is 17.7 Å². The predicted octanol–water partition coefficient (Wildman–Crippen LogP) is 3.40. The summed E-state index contributed by atoms with van der Waals surface area (Å²) in [4.78, 5) is 4.09. The Labute approximate surface area is 117 Å². The lowest BCUT2D eigenvalue weighted by Gasteiger charge is -2.03. The second kappa shape index (κ2) is 4.93. The highest BCUT2D eigenvalue weighted by Crippen LogP contribution is 2.35. The first-order valence-corrected chi connectivity index (χ1v) is 5.89. The van der Waals surface area contributed by atoms with Gasteiger partial charge in [-0.15, -0.1) is 0 Å². The summed E-state index contributed by atoms with van der Waals surface area (Å²) in [5, 5.41) is 3.68. The first-order chi connectivity index (χ1) is 10.1. The van der Waals surface area contributed by atoms with Crippen LogP contribution in [0.25, 0.3) is 22.5 Å². The zero-order valence-corrected chi connectivity index (χ0v) is 10.5. The van der Waals surface area contributed by atoms with Crippen LogP contribution in [-0.4, -0.2) is 10.1 Å². The zero-order chi connectivity index (χ0) is 15.0. The lowest BCUT2D eigenvalue weighted by Crippen LogP contribution is -1.94.